The lowest BCUT2D eigenvalue weighted by Gasteiger charge is -2.20. The first-order chi connectivity index (χ1) is 18.8. The lowest BCUT2D eigenvalue weighted by Crippen LogP contribution is -2.39. The molecule has 0 aliphatic carbocycles. The average molecular weight is 531 g/mol. The minimum Gasteiger partial charge on any atom is -0.462 e. The van der Waals surface area contributed by atoms with E-state index in [0.29, 0.717) is 30.2 Å². The van der Waals surface area contributed by atoms with Gasteiger partial charge in [0.05, 0.1) is 18.1 Å². The molecule has 3 heterocycles. The van der Waals surface area contributed by atoms with Crippen LogP contribution in [0.15, 0.2) is 55.0 Å². The molecule has 0 amide bonds. The number of benzene rings is 1. The number of ether oxygens (including phenoxy) is 1. The number of pyridine rings is 1. The number of imidazole rings is 1. The van der Waals surface area contributed by atoms with Crippen LogP contribution in [-0.4, -0.2) is 49.2 Å². The Balaban J connectivity index is 1.52. The first-order valence-electron chi connectivity index (χ1n) is 13.4. The second-order valence-corrected chi connectivity index (χ2v) is 10.2. The molecule has 3 aromatic heterocycles. The van der Waals surface area contributed by atoms with Gasteiger partial charge < -0.3 is 25.7 Å². The molecule has 4 rings (SSSR count). The zero-order valence-electron chi connectivity index (χ0n) is 23.3. The number of hydrogen-bond acceptors (Lipinski definition) is 9. The van der Waals surface area contributed by atoms with Crippen molar-refractivity contribution in [3.8, 4) is 11.3 Å². The molecular weight excluding hydrogens is 492 g/mol. The molecule has 4 aromatic rings. The van der Waals surface area contributed by atoms with Crippen molar-refractivity contribution in [1.82, 2.24) is 24.5 Å². The highest BCUT2D eigenvalue weighted by atomic mass is 16.5. The number of esters is 1. The van der Waals surface area contributed by atoms with Crippen LogP contribution in [0.25, 0.3) is 22.4 Å². The van der Waals surface area contributed by atoms with Crippen LogP contribution in [0.4, 0.5) is 11.8 Å². The summed E-state index contributed by atoms with van der Waals surface area (Å²) in [6.45, 7) is 10.7. The molecule has 2 atom stereocenters. The molecule has 10 nitrogen and oxygen atoms in total. The Bertz CT molecular complexity index is 1370. The van der Waals surface area contributed by atoms with Crippen molar-refractivity contribution in [2.45, 2.75) is 65.7 Å². The molecule has 0 fully saturated rings. The second kappa shape index (κ2) is 12.7. The van der Waals surface area contributed by atoms with Gasteiger partial charge in [0.2, 0.25) is 5.95 Å². The monoisotopic (exact) mass is 530 g/mol. The molecule has 0 aliphatic heterocycles. The maximum atomic E-state index is 12.3. The van der Waals surface area contributed by atoms with Crippen LogP contribution < -0.4 is 16.4 Å². The van der Waals surface area contributed by atoms with E-state index < -0.39 is 12.0 Å². The predicted molar refractivity (Wildman–Crippen MR) is 154 cm³/mol. The van der Waals surface area contributed by atoms with Crippen molar-refractivity contribution in [1.29, 1.82) is 0 Å². The van der Waals surface area contributed by atoms with Crippen molar-refractivity contribution in [3.63, 3.8) is 0 Å². The number of aromatic nitrogens is 5. The fraction of sp³-hybridized carbons (Fsp3) is 0.414. The maximum Gasteiger partial charge on any atom is 0.323 e. The number of carbonyl (C=O) groups excluding carboxylic acids is 1. The lowest BCUT2D eigenvalue weighted by molar-refractivity contribution is -0.146. The van der Waals surface area contributed by atoms with Crippen molar-refractivity contribution in [2.75, 3.05) is 17.2 Å². The Labute approximate surface area is 229 Å². The first-order valence-corrected chi connectivity index (χ1v) is 13.4. The van der Waals surface area contributed by atoms with Gasteiger partial charge in [0, 0.05) is 24.3 Å². The topological polar surface area (TPSA) is 133 Å². The van der Waals surface area contributed by atoms with Crippen LogP contribution in [0, 0.1) is 5.92 Å². The molecule has 1 aromatic carbocycles. The largest absolute Gasteiger partial charge is 0.462 e. The van der Waals surface area contributed by atoms with Gasteiger partial charge in [0.25, 0.3) is 0 Å². The Morgan fingerprint density at radius 2 is 1.82 bits per heavy atom. The van der Waals surface area contributed by atoms with Gasteiger partial charge in [-0.25, -0.2) is 4.98 Å². The normalized spacial score (nSPS) is 13.0. The van der Waals surface area contributed by atoms with Gasteiger partial charge in [0.1, 0.15) is 12.6 Å². The highest BCUT2D eigenvalue weighted by Crippen LogP contribution is 2.25. The van der Waals surface area contributed by atoms with Gasteiger partial charge in [-0.3, -0.25) is 9.78 Å². The molecule has 0 spiro atoms. The molecule has 206 valence electrons. The Kier molecular flexibility index (Phi) is 9.08. The fourth-order valence-electron chi connectivity index (χ4n) is 3.99. The van der Waals surface area contributed by atoms with E-state index in [4.69, 9.17) is 20.4 Å². The zero-order valence-corrected chi connectivity index (χ0v) is 23.3. The zero-order chi connectivity index (χ0) is 27.9. The van der Waals surface area contributed by atoms with Crippen LogP contribution in [0.1, 0.15) is 52.6 Å². The number of carbonyl (C=O) groups is 1. The van der Waals surface area contributed by atoms with E-state index in [-0.39, 0.29) is 24.6 Å². The van der Waals surface area contributed by atoms with Gasteiger partial charge >= 0.3 is 5.97 Å². The summed E-state index contributed by atoms with van der Waals surface area (Å²) in [6, 6.07) is 13.5. The standard InChI is InChI=1S/C29H38N8O2/c1-6-22(16-39-28(38)24(30)18(2)3)34-29-35-26(25-27(36-29)37(17-33-25)19(4)5)32-15-20-10-12-21(13-11-20)23-9-7-8-14-31-23/h7-14,17-19,22,24H,6,15-16,30H2,1-5H3,(H2,32,34,35,36)/t22-,24?/m0/s1. The van der Waals surface area contributed by atoms with Gasteiger partial charge in [0.15, 0.2) is 17.0 Å². The Morgan fingerprint density at radius 3 is 2.46 bits per heavy atom. The predicted octanol–water partition coefficient (Wildman–Crippen LogP) is 4.80. The van der Waals surface area contributed by atoms with Crippen molar-refractivity contribution in [2.24, 2.45) is 11.7 Å². The Hall–Kier alpha value is -4.05. The third-order valence-electron chi connectivity index (χ3n) is 6.60. The number of rotatable bonds is 12. The minimum atomic E-state index is -0.649. The fourth-order valence-corrected chi connectivity index (χ4v) is 3.99. The maximum absolute atomic E-state index is 12.3. The third kappa shape index (κ3) is 6.88. The molecular formula is C29H38N8O2. The number of anilines is 2. The summed E-state index contributed by atoms with van der Waals surface area (Å²) in [5, 5.41) is 6.78. The lowest BCUT2D eigenvalue weighted by atomic mass is 10.1. The molecule has 1 unspecified atom stereocenters. The molecule has 0 saturated heterocycles. The second-order valence-electron chi connectivity index (χ2n) is 10.2. The summed E-state index contributed by atoms with van der Waals surface area (Å²) >= 11 is 0. The van der Waals surface area contributed by atoms with E-state index in [0.717, 1.165) is 22.5 Å². The summed E-state index contributed by atoms with van der Waals surface area (Å²) in [4.78, 5) is 30.8. The van der Waals surface area contributed by atoms with E-state index in [1.807, 2.05) is 43.5 Å². The summed E-state index contributed by atoms with van der Waals surface area (Å²) in [7, 11) is 0. The highest BCUT2D eigenvalue weighted by Gasteiger charge is 2.21. The van der Waals surface area contributed by atoms with E-state index in [1.54, 1.807) is 12.5 Å². The number of nitrogens with zero attached hydrogens (tertiary/aromatic N) is 5. The number of nitrogens with one attached hydrogen (secondary N) is 2. The molecule has 0 saturated carbocycles. The Morgan fingerprint density at radius 1 is 1.05 bits per heavy atom. The van der Waals surface area contributed by atoms with Crippen LogP contribution in [0.5, 0.6) is 0 Å². The van der Waals surface area contributed by atoms with Crippen molar-refractivity contribution in [3.05, 3.63) is 60.6 Å². The summed E-state index contributed by atoms with van der Waals surface area (Å²) in [5.74, 6) is 0.668. The number of hydrogen-bond donors (Lipinski definition) is 3. The first kappa shape index (κ1) is 28.0. The van der Waals surface area contributed by atoms with E-state index in [9.17, 15) is 4.79 Å². The molecule has 4 N–H and O–H groups in total. The summed E-state index contributed by atoms with van der Waals surface area (Å²) in [5.41, 5.74) is 10.5. The van der Waals surface area contributed by atoms with E-state index in [2.05, 4.69) is 58.7 Å². The van der Waals surface area contributed by atoms with Crippen molar-refractivity contribution >= 4 is 28.9 Å². The molecule has 10 heteroatoms. The van der Waals surface area contributed by atoms with E-state index in [1.165, 1.54) is 0 Å². The molecule has 0 radical (unpaired) electrons. The van der Waals surface area contributed by atoms with Crippen LogP contribution in [0.2, 0.25) is 0 Å². The molecule has 0 aliphatic rings. The van der Waals surface area contributed by atoms with E-state index >= 15 is 0 Å². The van der Waals surface area contributed by atoms with Gasteiger partial charge in [-0.05, 0) is 43.9 Å². The number of nitrogens with two attached hydrogens (primary N) is 1. The van der Waals surface area contributed by atoms with Gasteiger partial charge in [-0.15, -0.1) is 0 Å². The van der Waals surface area contributed by atoms with Gasteiger partial charge in [-0.2, -0.15) is 9.97 Å². The quantitative estimate of drug-likeness (QED) is 0.221. The summed E-state index contributed by atoms with van der Waals surface area (Å²) in [6.07, 6.45) is 4.29. The number of fused-ring (bicyclic) bond motifs is 1. The van der Waals surface area contributed by atoms with Crippen LogP contribution >= 0.6 is 0 Å². The average Bonchev–Trinajstić information content (AvgIpc) is 3.38. The van der Waals surface area contributed by atoms with Gasteiger partial charge in [-0.1, -0.05) is 51.1 Å². The summed E-state index contributed by atoms with van der Waals surface area (Å²) < 4.78 is 7.49. The minimum absolute atomic E-state index is 0.00689. The smallest absolute Gasteiger partial charge is 0.323 e. The van der Waals surface area contributed by atoms with Crippen LogP contribution in [-0.2, 0) is 16.1 Å². The van der Waals surface area contributed by atoms with Crippen LogP contribution in [0.3, 0.4) is 0 Å². The SMILES string of the molecule is CC[C@@H](COC(=O)C(N)C(C)C)Nc1nc(NCc2ccc(-c3ccccn3)cc2)c2ncn(C(C)C)c2n1. The molecule has 0 bridgehead atoms. The highest BCUT2D eigenvalue weighted by molar-refractivity contribution is 5.84. The third-order valence-corrected chi connectivity index (χ3v) is 6.60. The van der Waals surface area contributed by atoms with Crippen molar-refractivity contribution < 1.29 is 9.53 Å². The molecule has 39 heavy (non-hydrogen) atoms.